The predicted molar refractivity (Wildman–Crippen MR) is 60.9 cm³/mol. The summed E-state index contributed by atoms with van der Waals surface area (Å²) < 4.78 is 24.5. The quantitative estimate of drug-likeness (QED) is 0.786. The van der Waals surface area contributed by atoms with Crippen LogP contribution in [-0.2, 0) is 14.8 Å². The minimum atomic E-state index is -4.00. The highest BCUT2D eigenvalue weighted by Gasteiger charge is 2.23. The first-order valence-corrected chi connectivity index (χ1v) is 6.20. The van der Waals surface area contributed by atoms with Gasteiger partial charge in [-0.2, -0.15) is 4.31 Å². The molecule has 0 heterocycles. The zero-order valence-corrected chi connectivity index (χ0v) is 10.2. The van der Waals surface area contributed by atoms with Crippen LogP contribution in [0.25, 0.3) is 0 Å². The number of rotatable bonds is 5. The number of aliphatic carboxylic acids is 1. The summed E-state index contributed by atoms with van der Waals surface area (Å²) in [5.74, 6) is -2.55. The van der Waals surface area contributed by atoms with E-state index < -0.39 is 28.5 Å². The largest absolute Gasteiger partial charge is 0.480 e. The second kappa shape index (κ2) is 5.15. The molecule has 98 valence electrons. The van der Waals surface area contributed by atoms with Gasteiger partial charge in [-0.1, -0.05) is 6.07 Å². The average molecular weight is 273 g/mol. The Morgan fingerprint density at radius 2 is 1.89 bits per heavy atom. The molecule has 0 aliphatic carbocycles. The van der Waals surface area contributed by atoms with Crippen LogP contribution in [0.5, 0.6) is 0 Å². The van der Waals surface area contributed by atoms with Crippen LogP contribution in [-0.4, -0.2) is 48.5 Å². The summed E-state index contributed by atoms with van der Waals surface area (Å²) in [6, 6.07) is 4.72. The molecule has 0 aliphatic heterocycles. The third-order valence-corrected chi connectivity index (χ3v) is 3.95. The first-order chi connectivity index (χ1) is 8.25. The van der Waals surface area contributed by atoms with Crippen LogP contribution in [0.4, 0.5) is 0 Å². The van der Waals surface area contributed by atoms with Crippen molar-refractivity contribution < 1.29 is 28.2 Å². The molecule has 2 N–H and O–H groups in total. The molecule has 0 fully saturated rings. The van der Waals surface area contributed by atoms with Crippen molar-refractivity contribution in [3.63, 3.8) is 0 Å². The van der Waals surface area contributed by atoms with Crippen LogP contribution >= 0.6 is 0 Å². The zero-order valence-electron chi connectivity index (χ0n) is 9.40. The highest BCUT2D eigenvalue weighted by Crippen LogP contribution is 2.15. The highest BCUT2D eigenvalue weighted by molar-refractivity contribution is 7.89. The van der Waals surface area contributed by atoms with Crippen molar-refractivity contribution in [3.8, 4) is 0 Å². The summed E-state index contributed by atoms with van der Waals surface area (Å²) in [6.07, 6.45) is 0. The van der Waals surface area contributed by atoms with Crippen LogP contribution in [0, 0.1) is 0 Å². The molecule has 0 aromatic heterocycles. The number of hydrogen-bond donors (Lipinski definition) is 2. The maximum Gasteiger partial charge on any atom is 0.335 e. The Balaban J connectivity index is 3.16. The highest BCUT2D eigenvalue weighted by atomic mass is 32.2. The fraction of sp³-hybridized carbons (Fsp3) is 0.200. The van der Waals surface area contributed by atoms with Gasteiger partial charge in [0.25, 0.3) is 0 Å². The molecule has 1 rings (SSSR count). The third-order valence-electron chi connectivity index (χ3n) is 2.15. The Kier molecular flexibility index (Phi) is 4.04. The van der Waals surface area contributed by atoms with E-state index in [0.717, 1.165) is 13.1 Å². The lowest BCUT2D eigenvalue weighted by molar-refractivity contribution is -0.137. The van der Waals surface area contributed by atoms with Crippen LogP contribution in [0.2, 0.25) is 0 Å². The lowest BCUT2D eigenvalue weighted by Gasteiger charge is -2.14. The second-order valence-electron chi connectivity index (χ2n) is 3.49. The van der Waals surface area contributed by atoms with Gasteiger partial charge in [-0.25, -0.2) is 13.2 Å². The predicted octanol–water partition coefficient (Wildman–Crippen LogP) is 0.0899. The third kappa shape index (κ3) is 3.05. The number of sulfonamides is 1. The lowest BCUT2D eigenvalue weighted by Crippen LogP contribution is -2.32. The summed E-state index contributed by atoms with van der Waals surface area (Å²) in [4.78, 5) is 20.9. The number of nitrogens with zero attached hydrogens (tertiary/aromatic N) is 1. The maximum atomic E-state index is 11.9. The van der Waals surface area contributed by atoms with Gasteiger partial charge in [-0.05, 0) is 18.2 Å². The molecule has 0 amide bonds. The standard InChI is InChI=1S/C10H11NO6S/c1-11(6-9(12)13)18(16,17)8-4-2-3-7(5-8)10(14)15/h2-5H,6H2,1H3,(H,12,13)(H,14,15). The topological polar surface area (TPSA) is 112 Å². The van der Waals surface area contributed by atoms with E-state index in [1.807, 2.05) is 0 Å². The van der Waals surface area contributed by atoms with Crippen molar-refractivity contribution >= 4 is 22.0 Å². The summed E-state index contributed by atoms with van der Waals surface area (Å²) in [5.41, 5.74) is -0.181. The van der Waals surface area contributed by atoms with Crippen LogP contribution in [0.3, 0.4) is 0 Å². The first kappa shape index (κ1) is 14.1. The number of hydrogen-bond acceptors (Lipinski definition) is 4. The normalized spacial score (nSPS) is 11.4. The number of carbonyl (C=O) groups is 2. The molecule has 0 aliphatic rings. The molecular weight excluding hydrogens is 262 g/mol. The molecule has 7 nitrogen and oxygen atoms in total. The molecule has 0 saturated heterocycles. The Morgan fingerprint density at radius 3 is 2.39 bits per heavy atom. The maximum absolute atomic E-state index is 11.9. The number of likely N-dealkylation sites (N-methyl/N-ethyl adjacent to an activating group) is 1. The van der Waals surface area contributed by atoms with Gasteiger partial charge in [-0.3, -0.25) is 4.79 Å². The monoisotopic (exact) mass is 273 g/mol. The number of aromatic carboxylic acids is 1. The van der Waals surface area contributed by atoms with E-state index in [2.05, 4.69) is 0 Å². The average Bonchev–Trinajstić information content (AvgIpc) is 2.28. The van der Waals surface area contributed by atoms with E-state index in [0.29, 0.717) is 4.31 Å². The molecule has 0 radical (unpaired) electrons. The van der Waals surface area contributed by atoms with Crippen molar-refractivity contribution in [1.82, 2.24) is 4.31 Å². The van der Waals surface area contributed by atoms with Gasteiger partial charge in [-0.15, -0.1) is 0 Å². The van der Waals surface area contributed by atoms with Crippen molar-refractivity contribution in [2.75, 3.05) is 13.6 Å². The van der Waals surface area contributed by atoms with E-state index in [1.165, 1.54) is 18.2 Å². The molecule has 0 bridgehead atoms. The van der Waals surface area contributed by atoms with Gasteiger partial charge < -0.3 is 10.2 Å². The second-order valence-corrected chi connectivity index (χ2v) is 5.53. The summed E-state index contributed by atoms with van der Waals surface area (Å²) in [6.45, 7) is -0.695. The van der Waals surface area contributed by atoms with E-state index >= 15 is 0 Å². The van der Waals surface area contributed by atoms with E-state index in [4.69, 9.17) is 10.2 Å². The van der Waals surface area contributed by atoms with Crippen molar-refractivity contribution in [2.24, 2.45) is 0 Å². The fourth-order valence-electron chi connectivity index (χ4n) is 1.24. The van der Waals surface area contributed by atoms with Crippen molar-refractivity contribution in [1.29, 1.82) is 0 Å². The van der Waals surface area contributed by atoms with Gasteiger partial charge in [0.2, 0.25) is 10.0 Å². The summed E-state index contributed by atoms with van der Waals surface area (Å²) in [7, 11) is -2.89. The molecule has 1 aromatic rings. The molecule has 18 heavy (non-hydrogen) atoms. The smallest absolute Gasteiger partial charge is 0.335 e. The first-order valence-electron chi connectivity index (χ1n) is 4.76. The number of carboxylic acids is 2. The van der Waals surface area contributed by atoms with E-state index in [9.17, 15) is 18.0 Å². The molecular formula is C10H11NO6S. The van der Waals surface area contributed by atoms with Gasteiger partial charge >= 0.3 is 11.9 Å². The Labute approximate surface area is 103 Å². The molecule has 0 atom stereocenters. The van der Waals surface area contributed by atoms with Gasteiger partial charge in [0.15, 0.2) is 0 Å². The zero-order chi connectivity index (χ0) is 13.9. The fourth-order valence-corrected chi connectivity index (χ4v) is 2.41. The summed E-state index contributed by atoms with van der Waals surface area (Å²) >= 11 is 0. The van der Waals surface area contributed by atoms with Gasteiger partial charge in [0.05, 0.1) is 10.5 Å². The Bertz CT molecular complexity index is 580. The van der Waals surface area contributed by atoms with Crippen LogP contribution < -0.4 is 0 Å². The molecule has 0 saturated carbocycles. The Hall–Kier alpha value is -1.93. The SMILES string of the molecule is CN(CC(=O)O)S(=O)(=O)c1cccc(C(=O)O)c1. The minimum Gasteiger partial charge on any atom is -0.480 e. The summed E-state index contributed by atoms with van der Waals surface area (Å²) in [5, 5.41) is 17.3. The number of carboxylic acid groups (broad SMARTS) is 2. The van der Waals surface area contributed by atoms with Crippen LogP contribution in [0.15, 0.2) is 29.2 Å². The molecule has 0 spiro atoms. The molecule has 0 unspecified atom stereocenters. The Morgan fingerprint density at radius 1 is 1.28 bits per heavy atom. The van der Waals surface area contributed by atoms with Crippen LogP contribution in [0.1, 0.15) is 10.4 Å². The van der Waals surface area contributed by atoms with E-state index in [1.54, 1.807) is 0 Å². The van der Waals surface area contributed by atoms with Gasteiger partial charge in [0, 0.05) is 7.05 Å². The lowest BCUT2D eigenvalue weighted by atomic mass is 10.2. The molecule has 1 aromatic carbocycles. The van der Waals surface area contributed by atoms with Crippen molar-refractivity contribution in [2.45, 2.75) is 4.90 Å². The minimum absolute atomic E-state index is 0.181. The molecule has 8 heteroatoms. The van der Waals surface area contributed by atoms with Gasteiger partial charge in [0.1, 0.15) is 6.54 Å². The van der Waals surface area contributed by atoms with Crippen molar-refractivity contribution in [3.05, 3.63) is 29.8 Å². The van der Waals surface area contributed by atoms with E-state index in [-0.39, 0.29) is 10.5 Å². The number of benzene rings is 1.